The average molecular weight is 531 g/mol. The first-order valence-corrected chi connectivity index (χ1v) is 8.11. The van der Waals surface area contributed by atoms with Crippen molar-refractivity contribution in [3.63, 3.8) is 0 Å². The molecule has 0 aliphatic carbocycles. The SMILES string of the molecule is Nc1ccc(N=Nc2ccc(S(=O)(=O)[O-])cc2)c2ccccc12.[Tl+]. The standard InChI is InChI=1S/C16H13N3O3S.Tl/c17-15-9-10-16(14-4-2-1-3-13(14)15)19-18-11-5-7-12(8-6-11)23(20,21)22;/h1-10H,17H2,(H,20,21,22);/q;+1/p-1. The van der Waals surface area contributed by atoms with Crippen LogP contribution in [-0.4, -0.2) is 40.3 Å². The molecule has 0 unspecified atom stereocenters. The van der Waals surface area contributed by atoms with Gasteiger partial charge in [-0.2, -0.15) is 5.11 Å². The maximum atomic E-state index is 10.9. The maximum Gasteiger partial charge on any atom is 1.00 e. The summed E-state index contributed by atoms with van der Waals surface area (Å²) in [6, 6.07) is 16.3. The van der Waals surface area contributed by atoms with Crippen LogP contribution in [0.25, 0.3) is 10.8 Å². The molecule has 3 aromatic rings. The summed E-state index contributed by atoms with van der Waals surface area (Å²) in [6.45, 7) is 0. The molecule has 3 rings (SSSR count). The van der Waals surface area contributed by atoms with Gasteiger partial charge in [0.2, 0.25) is 0 Å². The zero-order valence-electron chi connectivity index (χ0n) is 12.5. The van der Waals surface area contributed by atoms with Gasteiger partial charge in [-0.3, -0.25) is 0 Å². The van der Waals surface area contributed by atoms with Crippen molar-refractivity contribution >= 4 is 65.3 Å². The normalized spacial score (nSPS) is 11.5. The Labute approximate surface area is 159 Å². The molecule has 3 aromatic carbocycles. The maximum absolute atomic E-state index is 10.9. The van der Waals surface area contributed by atoms with Crippen molar-refractivity contribution in [3.8, 4) is 0 Å². The smallest absolute Gasteiger partial charge is 0.744 e. The molecule has 0 aliphatic heterocycles. The summed E-state index contributed by atoms with van der Waals surface area (Å²) in [6.07, 6.45) is 0. The predicted octanol–water partition coefficient (Wildman–Crippen LogP) is 3.36. The minimum absolute atomic E-state index is 0. The van der Waals surface area contributed by atoms with E-state index in [9.17, 15) is 13.0 Å². The van der Waals surface area contributed by atoms with E-state index in [2.05, 4.69) is 10.2 Å². The third kappa shape index (κ3) is 3.97. The Balaban J connectivity index is 0.00000208. The molecule has 0 saturated carbocycles. The third-order valence-electron chi connectivity index (χ3n) is 3.33. The van der Waals surface area contributed by atoms with E-state index in [-0.39, 0.29) is 32.2 Å². The first kappa shape index (κ1) is 18.5. The zero-order valence-corrected chi connectivity index (χ0v) is 17.8. The fourth-order valence-electron chi connectivity index (χ4n) is 2.18. The number of fused-ring (bicyclic) bond motifs is 1. The molecule has 24 heavy (non-hydrogen) atoms. The van der Waals surface area contributed by atoms with Gasteiger partial charge in [0.05, 0.1) is 16.3 Å². The third-order valence-corrected chi connectivity index (χ3v) is 4.18. The van der Waals surface area contributed by atoms with Crippen LogP contribution in [0.5, 0.6) is 0 Å². The summed E-state index contributed by atoms with van der Waals surface area (Å²) in [5.41, 5.74) is 7.68. The predicted molar refractivity (Wildman–Crippen MR) is 92.7 cm³/mol. The molecule has 0 spiro atoms. The van der Waals surface area contributed by atoms with Gasteiger partial charge in [-0.15, -0.1) is 5.11 Å². The van der Waals surface area contributed by atoms with Crippen LogP contribution in [0.1, 0.15) is 0 Å². The van der Waals surface area contributed by atoms with Crippen molar-refractivity contribution in [2.75, 3.05) is 5.73 Å². The van der Waals surface area contributed by atoms with E-state index < -0.39 is 10.1 Å². The van der Waals surface area contributed by atoms with E-state index in [1.54, 1.807) is 12.1 Å². The number of benzene rings is 3. The molecule has 0 radical (unpaired) electrons. The van der Waals surface area contributed by atoms with Crippen LogP contribution in [0, 0.1) is 0 Å². The number of hydrogen-bond acceptors (Lipinski definition) is 6. The van der Waals surface area contributed by atoms with Crippen molar-refractivity contribution in [1.82, 2.24) is 0 Å². The molecule has 0 aliphatic rings. The molecule has 0 heterocycles. The van der Waals surface area contributed by atoms with Crippen LogP contribution in [0.2, 0.25) is 0 Å². The number of nitrogens with zero attached hydrogens (tertiary/aromatic N) is 2. The summed E-state index contributed by atoms with van der Waals surface area (Å²) >= 11 is 0. The Morgan fingerprint density at radius 3 is 2.08 bits per heavy atom. The zero-order chi connectivity index (χ0) is 16.4. The van der Waals surface area contributed by atoms with E-state index >= 15 is 0 Å². The first-order chi connectivity index (χ1) is 10.9. The molecule has 0 atom stereocenters. The second-order valence-corrected chi connectivity index (χ2v) is 6.25. The molecule has 0 fully saturated rings. The second kappa shape index (κ2) is 7.36. The topological polar surface area (TPSA) is 108 Å². The fraction of sp³-hybridized carbons (Fsp3) is 0. The molecule has 0 saturated heterocycles. The van der Waals surface area contributed by atoms with Crippen molar-refractivity contribution in [1.29, 1.82) is 0 Å². The average Bonchev–Trinajstić information content (AvgIpc) is 2.54. The quantitative estimate of drug-likeness (QED) is 0.242. The number of rotatable bonds is 3. The van der Waals surface area contributed by atoms with Gasteiger partial charge in [0, 0.05) is 16.5 Å². The second-order valence-electron chi connectivity index (χ2n) is 4.87. The fourth-order valence-corrected chi connectivity index (χ4v) is 2.65. The van der Waals surface area contributed by atoms with Crippen LogP contribution in [-0.2, 0) is 10.1 Å². The number of nitrogens with two attached hydrogens (primary N) is 1. The molecule has 2 N–H and O–H groups in total. The van der Waals surface area contributed by atoms with Gasteiger partial charge < -0.3 is 10.3 Å². The van der Waals surface area contributed by atoms with Gasteiger partial charge in [0.25, 0.3) is 0 Å². The minimum Gasteiger partial charge on any atom is -0.744 e. The summed E-state index contributed by atoms with van der Waals surface area (Å²) in [5.74, 6) is 0. The van der Waals surface area contributed by atoms with E-state index in [1.807, 2.05) is 24.3 Å². The van der Waals surface area contributed by atoms with Gasteiger partial charge in [-0.25, -0.2) is 8.42 Å². The monoisotopic (exact) mass is 531 g/mol. The molecular weight excluding hydrogens is 519 g/mol. The van der Waals surface area contributed by atoms with Gasteiger partial charge in [0.1, 0.15) is 10.1 Å². The van der Waals surface area contributed by atoms with Crippen LogP contribution >= 0.6 is 0 Å². The van der Waals surface area contributed by atoms with Gasteiger partial charge in [-0.05, 0) is 36.4 Å². The van der Waals surface area contributed by atoms with E-state index in [0.29, 0.717) is 17.1 Å². The van der Waals surface area contributed by atoms with Crippen LogP contribution in [0.3, 0.4) is 0 Å². The summed E-state index contributed by atoms with van der Waals surface area (Å²) < 4.78 is 32.6. The van der Waals surface area contributed by atoms with Crippen LogP contribution in [0.4, 0.5) is 17.1 Å². The van der Waals surface area contributed by atoms with Gasteiger partial charge in [0.15, 0.2) is 0 Å². The molecule has 0 amide bonds. The number of azo groups is 1. The van der Waals surface area contributed by atoms with Crippen molar-refractivity contribution < 1.29 is 13.0 Å². The molecule has 0 aromatic heterocycles. The Morgan fingerprint density at radius 1 is 0.833 bits per heavy atom. The number of nitrogen functional groups attached to an aromatic ring is 1. The number of hydrogen-bond donors (Lipinski definition) is 1. The Hall–Kier alpha value is -1.85. The molecule has 118 valence electrons. The van der Waals surface area contributed by atoms with E-state index in [0.717, 1.165) is 10.8 Å². The summed E-state index contributed by atoms with van der Waals surface area (Å²) in [5, 5.41) is 10.0. The van der Waals surface area contributed by atoms with Crippen molar-refractivity contribution in [3.05, 3.63) is 60.7 Å². The van der Waals surface area contributed by atoms with Crippen LogP contribution in [0.15, 0.2) is 75.8 Å². The van der Waals surface area contributed by atoms with Crippen molar-refractivity contribution in [2.45, 2.75) is 4.90 Å². The Kier molecular flexibility index (Phi) is 5.67. The first-order valence-electron chi connectivity index (χ1n) is 6.70. The Bertz CT molecular complexity index is 1000. The Morgan fingerprint density at radius 2 is 1.46 bits per heavy atom. The minimum atomic E-state index is -4.46. The molecule has 8 heteroatoms. The summed E-state index contributed by atoms with van der Waals surface area (Å²) in [4.78, 5) is -0.297. The largest absolute Gasteiger partial charge is 1.00 e. The van der Waals surface area contributed by atoms with Crippen LogP contribution < -0.4 is 5.73 Å². The van der Waals surface area contributed by atoms with E-state index in [1.165, 1.54) is 24.3 Å². The molecule has 6 nitrogen and oxygen atoms in total. The summed E-state index contributed by atoms with van der Waals surface area (Å²) in [7, 11) is -4.46. The number of anilines is 1. The molecular formula is C16H12N3O3STl. The van der Waals surface area contributed by atoms with Crippen molar-refractivity contribution in [2.24, 2.45) is 10.2 Å². The van der Waals surface area contributed by atoms with E-state index in [4.69, 9.17) is 5.73 Å². The van der Waals surface area contributed by atoms with Gasteiger partial charge in [-0.1, -0.05) is 24.3 Å². The van der Waals surface area contributed by atoms with Gasteiger partial charge >= 0.3 is 27.3 Å². The molecule has 0 bridgehead atoms.